The second-order valence-electron chi connectivity index (χ2n) is 6.29. The molecule has 2 aliphatic heterocycles. The molecule has 1 aromatic rings. The Kier molecular flexibility index (Phi) is 5.61. The molecule has 25 heavy (non-hydrogen) atoms. The van der Waals surface area contributed by atoms with Crippen molar-refractivity contribution >= 4 is 11.7 Å². The summed E-state index contributed by atoms with van der Waals surface area (Å²) in [6, 6.07) is 3.99. The lowest BCUT2D eigenvalue weighted by Crippen LogP contribution is -2.36. The molecule has 7 nitrogen and oxygen atoms in total. The third-order valence-electron chi connectivity index (χ3n) is 4.44. The Morgan fingerprint density at radius 1 is 1.32 bits per heavy atom. The summed E-state index contributed by atoms with van der Waals surface area (Å²) < 4.78 is 5.34. The van der Waals surface area contributed by atoms with E-state index < -0.39 is 5.66 Å². The van der Waals surface area contributed by atoms with Crippen LogP contribution in [0, 0.1) is 12.3 Å². The number of rotatable bonds is 8. The summed E-state index contributed by atoms with van der Waals surface area (Å²) in [7, 11) is 0. The molecule has 1 aromatic heterocycles. The maximum absolute atomic E-state index is 12.0. The molecule has 0 saturated carbocycles. The number of nitrogens with zero attached hydrogens (tertiary/aromatic N) is 4. The second kappa shape index (κ2) is 8.08. The number of hydrogen-bond acceptors (Lipinski definition) is 6. The van der Waals surface area contributed by atoms with E-state index in [0.717, 1.165) is 44.1 Å². The van der Waals surface area contributed by atoms with Gasteiger partial charge in [-0.1, -0.05) is 6.07 Å². The van der Waals surface area contributed by atoms with Crippen LogP contribution in [0.4, 0.5) is 5.82 Å². The molecule has 0 bridgehead atoms. The fourth-order valence-corrected chi connectivity index (χ4v) is 2.77. The largest absolute Gasteiger partial charge is 0.378 e. The van der Waals surface area contributed by atoms with Crippen molar-refractivity contribution < 1.29 is 9.53 Å². The van der Waals surface area contributed by atoms with E-state index in [1.54, 1.807) is 0 Å². The second-order valence-corrected chi connectivity index (χ2v) is 6.29. The lowest BCUT2D eigenvalue weighted by molar-refractivity contribution is -0.121. The maximum atomic E-state index is 12.0. The molecule has 3 heterocycles. The van der Waals surface area contributed by atoms with E-state index in [1.807, 2.05) is 18.3 Å². The molecule has 0 aromatic carbocycles. The van der Waals surface area contributed by atoms with Crippen LogP contribution in [0.15, 0.2) is 28.6 Å². The van der Waals surface area contributed by atoms with Gasteiger partial charge in [-0.2, -0.15) is 10.2 Å². The van der Waals surface area contributed by atoms with Crippen molar-refractivity contribution in [2.75, 3.05) is 31.2 Å². The molecule has 0 aliphatic carbocycles. The smallest absolute Gasteiger partial charge is 0.220 e. The van der Waals surface area contributed by atoms with Gasteiger partial charge < -0.3 is 15.0 Å². The van der Waals surface area contributed by atoms with Crippen molar-refractivity contribution in [3.05, 3.63) is 23.9 Å². The molecule has 2 aliphatic rings. The van der Waals surface area contributed by atoms with Crippen molar-refractivity contribution in [2.24, 2.45) is 10.2 Å². The van der Waals surface area contributed by atoms with Crippen molar-refractivity contribution in [3.63, 3.8) is 0 Å². The minimum Gasteiger partial charge on any atom is -0.378 e. The molecule has 0 unspecified atom stereocenters. The van der Waals surface area contributed by atoms with Gasteiger partial charge in [0.25, 0.3) is 0 Å². The Labute approximate surface area is 147 Å². The van der Waals surface area contributed by atoms with E-state index in [1.165, 1.54) is 0 Å². The minimum absolute atomic E-state index is 0.00496. The summed E-state index contributed by atoms with van der Waals surface area (Å²) in [5, 5.41) is 11.0. The number of hydrogen-bond donors (Lipinski definition) is 1. The average Bonchev–Trinajstić information content (AvgIpc) is 3.44. The van der Waals surface area contributed by atoms with Gasteiger partial charge in [0.05, 0.1) is 13.2 Å². The summed E-state index contributed by atoms with van der Waals surface area (Å²) in [5.41, 5.74) is 0.582. The van der Waals surface area contributed by atoms with E-state index in [9.17, 15) is 4.79 Å². The normalized spacial score (nSPS) is 17.8. The first kappa shape index (κ1) is 17.4. The SMILES string of the molecule is C#CCCC1(CCC(=O)NCc2ccc(N3CCOCC3)nc2)N=N1. The quantitative estimate of drug-likeness (QED) is 0.732. The summed E-state index contributed by atoms with van der Waals surface area (Å²) in [6.07, 6.45) is 9.45. The summed E-state index contributed by atoms with van der Waals surface area (Å²) in [4.78, 5) is 18.7. The molecule has 0 spiro atoms. The van der Waals surface area contributed by atoms with Crippen LogP contribution in [0.1, 0.15) is 31.2 Å². The number of aromatic nitrogens is 1. The van der Waals surface area contributed by atoms with E-state index in [-0.39, 0.29) is 5.91 Å². The van der Waals surface area contributed by atoms with Crippen molar-refractivity contribution in [3.8, 4) is 12.3 Å². The van der Waals surface area contributed by atoms with Crippen LogP contribution in [0.5, 0.6) is 0 Å². The van der Waals surface area contributed by atoms with Crippen LogP contribution < -0.4 is 10.2 Å². The number of pyridine rings is 1. The van der Waals surface area contributed by atoms with E-state index in [2.05, 4.69) is 31.3 Å². The van der Waals surface area contributed by atoms with Crippen molar-refractivity contribution in [2.45, 2.75) is 37.9 Å². The Bertz CT molecular complexity index is 653. The fraction of sp³-hybridized carbons (Fsp3) is 0.556. The minimum atomic E-state index is -0.398. The molecule has 1 N–H and O–H groups in total. The van der Waals surface area contributed by atoms with Crippen molar-refractivity contribution in [1.82, 2.24) is 10.3 Å². The number of nitrogens with one attached hydrogen (secondary N) is 1. The van der Waals surface area contributed by atoms with Gasteiger partial charge in [0, 0.05) is 51.5 Å². The number of anilines is 1. The zero-order chi connectivity index (χ0) is 17.5. The zero-order valence-electron chi connectivity index (χ0n) is 14.3. The molecule has 0 radical (unpaired) electrons. The van der Waals surface area contributed by atoms with Gasteiger partial charge in [0.15, 0.2) is 5.66 Å². The van der Waals surface area contributed by atoms with Crippen LogP contribution in [-0.4, -0.2) is 42.9 Å². The fourth-order valence-electron chi connectivity index (χ4n) is 2.77. The number of morpholine rings is 1. The first-order valence-electron chi connectivity index (χ1n) is 8.63. The Morgan fingerprint density at radius 3 is 2.76 bits per heavy atom. The van der Waals surface area contributed by atoms with Crippen LogP contribution in [-0.2, 0) is 16.1 Å². The Balaban J connectivity index is 1.39. The number of terminal acetylenes is 1. The Hall–Kier alpha value is -2.46. The Morgan fingerprint density at radius 2 is 2.12 bits per heavy atom. The van der Waals surface area contributed by atoms with Crippen LogP contribution in [0.25, 0.3) is 0 Å². The lowest BCUT2D eigenvalue weighted by Gasteiger charge is -2.27. The predicted molar refractivity (Wildman–Crippen MR) is 94.0 cm³/mol. The zero-order valence-corrected chi connectivity index (χ0v) is 14.3. The highest BCUT2D eigenvalue weighted by molar-refractivity contribution is 5.76. The number of amides is 1. The highest BCUT2D eigenvalue weighted by Gasteiger charge is 2.39. The van der Waals surface area contributed by atoms with Gasteiger partial charge in [0.2, 0.25) is 5.91 Å². The van der Waals surface area contributed by atoms with E-state index in [4.69, 9.17) is 11.2 Å². The molecule has 0 atom stereocenters. The van der Waals surface area contributed by atoms with Crippen LogP contribution in [0.3, 0.4) is 0 Å². The van der Waals surface area contributed by atoms with Crippen LogP contribution in [0.2, 0.25) is 0 Å². The van der Waals surface area contributed by atoms with Gasteiger partial charge in [-0.3, -0.25) is 4.79 Å². The number of carbonyl (C=O) groups is 1. The third-order valence-corrected chi connectivity index (χ3v) is 4.44. The average molecular weight is 341 g/mol. The van der Waals surface area contributed by atoms with E-state index in [0.29, 0.717) is 25.8 Å². The first-order valence-corrected chi connectivity index (χ1v) is 8.63. The molecule has 3 rings (SSSR count). The third kappa shape index (κ3) is 5.00. The molecule has 1 fully saturated rings. The number of ether oxygens (including phenoxy) is 1. The van der Waals surface area contributed by atoms with Gasteiger partial charge in [-0.15, -0.1) is 12.3 Å². The standard InChI is InChI=1S/C18H23N5O2/c1-2-3-7-18(21-22-18)8-6-17(24)20-14-15-4-5-16(19-13-15)23-9-11-25-12-10-23/h1,4-5,13H,3,6-12,14H2,(H,20,24). The van der Waals surface area contributed by atoms with Crippen LogP contribution >= 0.6 is 0 Å². The first-order chi connectivity index (χ1) is 12.2. The molecule has 1 saturated heterocycles. The molecule has 1 amide bonds. The topological polar surface area (TPSA) is 79.2 Å². The molecule has 7 heteroatoms. The summed E-state index contributed by atoms with van der Waals surface area (Å²) in [6.45, 7) is 3.67. The highest BCUT2D eigenvalue weighted by atomic mass is 16.5. The van der Waals surface area contributed by atoms with Gasteiger partial charge in [-0.25, -0.2) is 4.98 Å². The predicted octanol–water partition coefficient (Wildman–Crippen LogP) is 1.89. The molecular weight excluding hydrogens is 318 g/mol. The van der Waals surface area contributed by atoms with E-state index >= 15 is 0 Å². The monoisotopic (exact) mass is 341 g/mol. The maximum Gasteiger partial charge on any atom is 0.220 e. The molecular formula is C18H23N5O2. The number of carbonyl (C=O) groups excluding carboxylic acids is 1. The summed E-state index contributed by atoms with van der Waals surface area (Å²) >= 11 is 0. The summed E-state index contributed by atoms with van der Waals surface area (Å²) in [5.74, 6) is 3.53. The van der Waals surface area contributed by atoms with Gasteiger partial charge >= 0.3 is 0 Å². The van der Waals surface area contributed by atoms with Gasteiger partial charge in [0.1, 0.15) is 5.82 Å². The van der Waals surface area contributed by atoms with Crippen molar-refractivity contribution in [1.29, 1.82) is 0 Å². The lowest BCUT2D eigenvalue weighted by atomic mass is 10.0. The van der Waals surface area contributed by atoms with Gasteiger partial charge in [-0.05, 0) is 11.6 Å². The molecule has 132 valence electrons. The highest BCUT2D eigenvalue weighted by Crippen LogP contribution is 2.37.